The predicted molar refractivity (Wildman–Crippen MR) is 199 cm³/mol. The molecule has 0 amide bonds. The fraction of sp³-hybridized carbons (Fsp3) is 1.00. The van der Waals surface area contributed by atoms with Crippen LogP contribution in [0.2, 0.25) is 0 Å². The molecule has 2 radical (unpaired) electrons. The van der Waals surface area contributed by atoms with Gasteiger partial charge in [-0.3, -0.25) is 0 Å². The molecule has 0 unspecified atom stereocenters. The van der Waals surface area contributed by atoms with Crippen molar-refractivity contribution in [1.82, 2.24) is 0 Å². The van der Waals surface area contributed by atoms with Crippen LogP contribution < -0.4 is 0 Å². The van der Waals surface area contributed by atoms with E-state index in [1.807, 2.05) is 35.3 Å². The van der Waals surface area contributed by atoms with Gasteiger partial charge in [-0.2, -0.15) is 73.2 Å². The Kier molecular flexibility index (Phi) is 65.4. The zero-order valence-electron chi connectivity index (χ0n) is 25.1. The van der Waals surface area contributed by atoms with Crippen molar-refractivity contribution in [3.63, 3.8) is 0 Å². The zero-order chi connectivity index (χ0) is 27.2. The molecule has 0 aliphatic rings. The van der Waals surface area contributed by atoms with Crippen molar-refractivity contribution in [3.8, 4) is 0 Å². The van der Waals surface area contributed by atoms with Crippen LogP contribution in [0, 0.1) is 0 Å². The number of unbranched alkanes of at least 4 members (excludes halogenated alkanes) is 15. The summed E-state index contributed by atoms with van der Waals surface area (Å²) in [6, 6.07) is 0. The average Bonchev–Trinajstić information content (AvgIpc) is 2.90. The van der Waals surface area contributed by atoms with Crippen molar-refractivity contribution in [2.45, 2.75) is 136 Å². The third-order valence-electron chi connectivity index (χ3n) is 5.63. The largest absolute Gasteiger partial charge is 3.00 e. The van der Waals surface area contributed by atoms with E-state index in [2.05, 4.69) is 58.7 Å². The maximum atomic E-state index is 4.17. The third-order valence-corrected chi connectivity index (χ3v) is 10.4. The molecule has 0 nitrogen and oxygen atoms in total. The smallest absolute Gasteiger partial charge is 0.179 e. The summed E-state index contributed by atoms with van der Waals surface area (Å²) in [7, 11) is 0. The maximum Gasteiger partial charge on any atom is 3.00 e. The van der Waals surface area contributed by atoms with Gasteiger partial charge in [0.25, 0.3) is 0 Å². The van der Waals surface area contributed by atoms with E-state index in [1.54, 1.807) is 0 Å². The second-order valence-electron chi connectivity index (χ2n) is 9.31. The Morgan fingerprint density at radius 2 is 0.541 bits per heavy atom. The first kappa shape index (κ1) is 46.9. The molecule has 0 aromatic heterocycles. The van der Waals surface area contributed by atoms with Crippen LogP contribution >= 0.6 is 73.2 Å². The first-order valence-corrected chi connectivity index (χ1v) is 20.7. The Balaban J connectivity index is -0.000000218. The van der Waals surface area contributed by atoms with Crippen LogP contribution in [0.3, 0.4) is 0 Å². The van der Waals surface area contributed by atoms with Crippen molar-refractivity contribution in [1.29, 1.82) is 0 Å². The summed E-state index contributed by atoms with van der Waals surface area (Å²) in [5.74, 6) is 10.8. The summed E-state index contributed by atoms with van der Waals surface area (Å²) in [5, 5.41) is 0. The Morgan fingerprint density at radius 3 is 0.757 bits per heavy atom. The van der Waals surface area contributed by atoms with Crippen molar-refractivity contribution in [2.24, 2.45) is 0 Å². The molecule has 0 N–H and O–H groups in total. The SMILES string of the molecule is CCCCCCCCSCCS.CCCCCCCCSCCS.CCCCCCCCSCCS.[Sb+3]. The van der Waals surface area contributed by atoms with Gasteiger partial charge in [0.05, 0.1) is 0 Å². The summed E-state index contributed by atoms with van der Waals surface area (Å²) in [6.07, 6.45) is 25.5. The van der Waals surface area contributed by atoms with Gasteiger partial charge < -0.3 is 0 Å². The Morgan fingerprint density at radius 1 is 0.324 bits per heavy atom. The number of hydrogen-bond acceptors (Lipinski definition) is 6. The van der Waals surface area contributed by atoms with E-state index in [0.29, 0.717) is 0 Å². The molecule has 0 aromatic carbocycles. The minimum absolute atomic E-state index is 0. The number of thiol groups is 3. The molecule has 0 heterocycles. The summed E-state index contributed by atoms with van der Waals surface area (Å²) >= 11 is 18.6. The average molecular weight is 741 g/mol. The van der Waals surface area contributed by atoms with E-state index in [1.165, 1.54) is 150 Å². The van der Waals surface area contributed by atoms with Crippen molar-refractivity contribution in [3.05, 3.63) is 0 Å². The molecule has 224 valence electrons. The van der Waals surface area contributed by atoms with Gasteiger partial charge in [-0.25, -0.2) is 0 Å². The molecule has 0 atom stereocenters. The normalized spacial score (nSPS) is 10.2. The monoisotopic (exact) mass is 739 g/mol. The van der Waals surface area contributed by atoms with Gasteiger partial charge in [0.2, 0.25) is 0 Å². The molecule has 0 spiro atoms. The molecule has 0 saturated heterocycles. The van der Waals surface area contributed by atoms with E-state index in [9.17, 15) is 0 Å². The maximum absolute atomic E-state index is 4.17. The first-order chi connectivity index (χ1) is 17.7. The second-order valence-corrected chi connectivity index (χ2v) is 14.3. The van der Waals surface area contributed by atoms with E-state index in [0.717, 1.165) is 17.3 Å². The van der Waals surface area contributed by atoms with Crippen LogP contribution in [0.5, 0.6) is 0 Å². The predicted octanol–water partition coefficient (Wildman–Crippen LogP) is 11.6. The standard InChI is InChI=1S/3C10H22S2.Sb/c3*1-2-3-4-5-6-7-9-12-10-8-11;/h3*11H,2-10H2,1H3;/q;;;+3. The van der Waals surface area contributed by atoms with E-state index in [-0.39, 0.29) is 24.4 Å². The van der Waals surface area contributed by atoms with Crippen LogP contribution in [-0.4, -0.2) is 76.2 Å². The van der Waals surface area contributed by atoms with Gasteiger partial charge >= 0.3 is 24.4 Å². The molecule has 0 aromatic rings. The summed E-state index contributed by atoms with van der Waals surface area (Å²) in [4.78, 5) is 0. The molecule has 0 fully saturated rings. The molecule has 7 heteroatoms. The molecule has 0 aliphatic heterocycles. The fourth-order valence-corrected chi connectivity index (χ4v) is 6.84. The third kappa shape index (κ3) is 59.3. The minimum Gasteiger partial charge on any atom is -0.179 e. The van der Waals surface area contributed by atoms with Crippen LogP contribution in [0.25, 0.3) is 0 Å². The minimum atomic E-state index is 0. The molecule has 0 rings (SSSR count). The second kappa shape index (κ2) is 51.6. The molecule has 37 heavy (non-hydrogen) atoms. The van der Waals surface area contributed by atoms with Gasteiger partial charge in [0.15, 0.2) is 0 Å². The fourth-order valence-electron chi connectivity index (χ4n) is 3.45. The Bertz CT molecular complexity index is 247. The summed E-state index contributed by atoms with van der Waals surface area (Å²) in [5.41, 5.74) is 0. The summed E-state index contributed by atoms with van der Waals surface area (Å²) < 4.78 is 0. The van der Waals surface area contributed by atoms with Crippen LogP contribution in [0.4, 0.5) is 0 Å². The van der Waals surface area contributed by atoms with Crippen molar-refractivity contribution < 1.29 is 0 Å². The van der Waals surface area contributed by atoms with Gasteiger partial charge in [0.1, 0.15) is 0 Å². The van der Waals surface area contributed by atoms with Crippen molar-refractivity contribution >= 4 is 97.6 Å². The van der Waals surface area contributed by atoms with E-state index in [4.69, 9.17) is 0 Å². The van der Waals surface area contributed by atoms with Crippen LogP contribution in [-0.2, 0) is 0 Å². The quantitative estimate of drug-likeness (QED) is 0.0436. The Hall–Kier alpha value is 2.92. The zero-order valence-corrected chi connectivity index (χ0v) is 32.8. The van der Waals surface area contributed by atoms with E-state index < -0.39 is 0 Å². The molecule has 0 saturated carbocycles. The molecule has 0 aliphatic carbocycles. The van der Waals surface area contributed by atoms with Crippen molar-refractivity contribution in [2.75, 3.05) is 51.8 Å². The van der Waals surface area contributed by atoms with E-state index >= 15 is 0 Å². The number of thioether (sulfide) groups is 3. The summed E-state index contributed by atoms with van der Waals surface area (Å²) in [6.45, 7) is 6.80. The number of hydrogen-bond donors (Lipinski definition) is 3. The number of rotatable bonds is 27. The Labute approximate surface area is 283 Å². The topological polar surface area (TPSA) is 0 Å². The molecular weight excluding hydrogens is 674 g/mol. The molecular formula is C30H66S6Sb+3. The van der Waals surface area contributed by atoms with Gasteiger partial charge in [-0.1, -0.05) is 117 Å². The van der Waals surface area contributed by atoms with Gasteiger partial charge in [0, 0.05) is 17.3 Å². The first-order valence-electron chi connectivity index (χ1n) is 15.3. The van der Waals surface area contributed by atoms with Gasteiger partial charge in [-0.15, -0.1) is 0 Å². The molecule has 0 bridgehead atoms. The van der Waals surface area contributed by atoms with Crippen LogP contribution in [0.1, 0.15) is 136 Å². The van der Waals surface area contributed by atoms with Gasteiger partial charge in [-0.05, 0) is 53.8 Å². The van der Waals surface area contributed by atoms with Crippen LogP contribution in [0.15, 0.2) is 0 Å².